The van der Waals surface area contributed by atoms with E-state index < -0.39 is 0 Å². The van der Waals surface area contributed by atoms with Gasteiger partial charge in [-0.2, -0.15) is 0 Å². The van der Waals surface area contributed by atoms with Crippen LogP contribution in [0.2, 0.25) is 0 Å². The summed E-state index contributed by atoms with van der Waals surface area (Å²) in [6, 6.07) is 13.0. The summed E-state index contributed by atoms with van der Waals surface area (Å²) >= 11 is 0. The van der Waals surface area contributed by atoms with Gasteiger partial charge in [-0.3, -0.25) is 14.3 Å². The van der Waals surface area contributed by atoms with E-state index in [0.29, 0.717) is 23.4 Å². The van der Waals surface area contributed by atoms with Crippen molar-refractivity contribution >= 4 is 11.6 Å². The molecule has 2 aromatic heterocycles. The van der Waals surface area contributed by atoms with E-state index in [1.807, 2.05) is 0 Å². The summed E-state index contributed by atoms with van der Waals surface area (Å²) < 4.78 is 1.62. The predicted octanol–water partition coefficient (Wildman–Crippen LogP) is 1.92. The molecule has 184 valence electrons. The van der Waals surface area contributed by atoms with Crippen LogP contribution in [0, 0.1) is 0 Å². The molecule has 0 spiro atoms. The average molecular weight is 475 g/mol. The first kappa shape index (κ1) is 23.4. The summed E-state index contributed by atoms with van der Waals surface area (Å²) in [4.78, 5) is 32.9. The van der Waals surface area contributed by atoms with E-state index in [2.05, 4.69) is 68.1 Å². The van der Waals surface area contributed by atoms with E-state index in [0.717, 1.165) is 45.8 Å². The summed E-state index contributed by atoms with van der Waals surface area (Å²) in [6.07, 6.45) is 3.14. The van der Waals surface area contributed by atoms with Gasteiger partial charge in [-0.05, 0) is 37.6 Å². The maximum absolute atomic E-state index is 12.7. The molecule has 5 rings (SSSR count). The van der Waals surface area contributed by atoms with E-state index >= 15 is 0 Å². The van der Waals surface area contributed by atoms with Crippen LogP contribution in [0.3, 0.4) is 0 Å². The molecule has 2 saturated heterocycles. The van der Waals surface area contributed by atoms with E-state index in [-0.39, 0.29) is 11.6 Å². The topological polar surface area (TPSA) is 82.4 Å². The second-order valence-electron chi connectivity index (χ2n) is 9.59. The molecule has 2 aliphatic rings. The molecule has 0 radical (unpaired) electrons. The van der Waals surface area contributed by atoms with E-state index in [9.17, 15) is 4.79 Å². The van der Waals surface area contributed by atoms with Crippen molar-refractivity contribution < 1.29 is 0 Å². The van der Waals surface area contributed by atoms with Crippen LogP contribution in [0.1, 0.15) is 25.5 Å². The standard InChI is InChI=1S/C26H34N8O/c1-19(2)32-12-14-33(15-13-32)21-6-4-20(5-7-21)24-17-34(11-10-28-24)26-30-23(16-25(35)31(26)3)22-8-9-27-18-29-22/h4-9,16,18-19,24,28H,10-15,17H2,1-3H3/t24-/m1/s1. The van der Waals surface area contributed by atoms with Crippen molar-refractivity contribution in [2.24, 2.45) is 7.05 Å². The number of nitrogens with zero attached hydrogens (tertiary/aromatic N) is 7. The van der Waals surface area contributed by atoms with Crippen molar-refractivity contribution in [1.29, 1.82) is 0 Å². The van der Waals surface area contributed by atoms with Gasteiger partial charge in [-0.1, -0.05) is 12.1 Å². The molecule has 2 aliphatic heterocycles. The molecule has 0 unspecified atom stereocenters. The third-order valence-electron chi connectivity index (χ3n) is 7.12. The quantitative estimate of drug-likeness (QED) is 0.601. The average Bonchev–Trinajstić information content (AvgIpc) is 2.91. The highest BCUT2D eigenvalue weighted by atomic mass is 16.1. The first-order valence-corrected chi connectivity index (χ1v) is 12.4. The highest BCUT2D eigenvalue weighted by Gasteiger charge is 2.25. The molecular weight excluding hydrogens is 440 g/mol. The lowest BCUT2D eigenvalue weighted by atomic mass is 10.0. The van der Waals surface area contributed by atoms with Gasteiger partial charge in [-0.15, -0.1) is 0 Å². The fourth-order valence-electron chi connectivity index (χ4n) is 4.95. The molecule has 0 saturated carbocycles. The zero-order valence-electron chi connectivity index (χ0n) is 20.8. The number of benzene rings is 1. The van der Waals surface area contributed by atoms with Gasteiger partial charge in [0.05, 0.1) is 11.4 Å². The minimum Gasteiger partial charge on any atom is -0.369 e. The molecule has 2 fully saturated rings. The normalized spacial score (nSPS) is 19.4. The number of piperazine rings is 2. The first-order valence-electron chi connectivity index (χ1n) is 12.4. The number of rotatable bonds is 5. The predicted molar refractivity (Wildman–Crippen MR) is 139 cm³/mol. The second kappa shape index (κ2) is 10.1. The van der Waals surface area contributed by atoms with Gasteiger partial charge >= 0.3 is 0 Å². The van der Waals surface area contributed by atoms with Gasteiger partial charge in [-0.25, -0.2) is 15.0 Å². The summed E-state index contributed by atoms with van der Waals surface area (Å²) in [5.41, 5.74) is 3.65. The lowest BCUT2D eigenvalue weighted by Crippen LogP contribution is -2.49. The minimum atomic E-state index is -0.0967. The highest BCUT2D eigenvalue weighted by molar-refractivity contribution is 5.55. The minimum absolute atomic E-state index is 0.0967. The van der Waals surface area contributed by atoms with E-state index in [4.69, 9.17) is 4.98 Å². The van der Waals surface area contributed by atoms with Gasteiger partial charge in [0.2, 0.25) is 5.95 Å². The number of nitrogens with one attached hydrogen (secondary N) is 1. The van der Waals surface area contributed by atoms with Gasteiger partial charge in [0.25, 0.3) is 5.56 Å². The van der Waals surface area contributed by atoms with Crippen LogP contribution in [-0.4, -0.2) is 76.3 Å². The van der Waals surface area contributed by atoms with Gasteiger partial charge in [0.1, 0.15) is 6.33 Å². The largest absolute Gasteiger partial charge is 0.369 e. The van der Waals surface area contributed by atoms with Crippen molar-refractivity contribution in [3.8, 4) is 11.4 Å². The Morgan fingerprint density at radius 3 is 2.43 bits per heavy atom. The Balaban J connectivity index is 1.31. The number of anilines is 2. The van der Waals surface area contributed by atoms with Gasteiger partial charge in [0.15, 0.2) is 0 Å². The molecule has 1 atom stereocenters. The Morgan fingerprint density at radius 1 is 0.971 bits per heavy atom. The smallest absolute Gasteiger partial charge is 0.255 e. The maximum Gasteiger partial charge on any atom is 0.255 e. The Morgan fingerprint density at radius 2 is 1.74 bits per heavy atom. The van der Waals surface area contributed by atoms with Gasteiger partial charge in [0, 0.05) is 82.9 Å². The van der Waals surface area contributed by atoms with E-state index in [1.165, 1.54) is 23.6 Å². The second-order valence-corrected chi connectivity index (χ2v) is 9.59. The van der Waals surface area contributed by atoms with Gasteiger partial charge < -0.3 is 15.1 Å². The van der Waals surface area contributed by atoms with Crippen molar-refractivity contribution in [2.75, 3.05) is 55.6 Å². The van der Waals surface area contributed by atoms with Crippen LogP contribution in [0.4, 0.5) is 11.6 Å². The Kier molecular flexibility index (Phi) is 6.79. The molecule has 3 aromatic rings. The van der Waals surface area contributed by atoms with E-state index in [1.54, 1.807) is 23.9 Å². The van der Waals surface area contributed by atoms with Crippen LogP contribution in [-0.2, 0) is 7.05 Å². The molecule has 0 bridgehead atoms. The molecule has 9 heteroatoms. The fraction of sp³-hybridized carbons (Fsp3) is 0.462. The van der Waals surface area contributed by atoms with Crippen molar-refractivity contribution in [1.82, 2.24) is 29.7 Å². The molecule has 1 aromatic carbocycles. The first-order chi connectivity index (χ1) is 17.0. The number of hydrogen-bond acceptors (Lipinski definition) is 8. The lowest BCUT2D eigenvalue weighted by molar-refractivity contribution is 0.209. The fourth-order valence-corrected chi connectivity index (χ4v) is 4.95. The number of aromatic nitrogens is 4. The molecule has 0 aliphatic carbocycles. The third kappa shape index (κ3) is 5.06. The Labute approximate surface area is 206 Å². The van der Waals surface area contributed by atoms with Crippen molar-refractivity contribution in [3.05, 3.63) is 64.8 Å². The van der Waals surface area contributed by atoms with Crippen molar-refractivity contribution in [3.63, 3.8) is 0 Å². The SMILES string of the molecule is CC(C)N1CCN(c2ccc([C@H]3CN(c4nc(-c5ccncn5)cc(=O)n4C)CCN3)cc2)CC1. The van der Waals surface area contributed by atoms with Crippen LogP contribution in [0.25, 0.3) is 11.4 Å². The number of hydrogen-bond donors (Lipinski definition) is 1. The van der Waals surface area contributed by atoms with Crippen molar-refractivity contribution in [2.45, 2.75) is 25.9 Å². The third-order valence-corrected chi connectivity index (χ3v) is 7.12. The maximum atomic E-state index is 12.7. The van der Waals surface area contributed by atoms with Crippen LogP contribution in [0.15, 0.2) is 53.7 Å². The summed E-state index contributed by atoms with van der Waals surface area (Å²) in [7, 11) is 1.78. The summed E-state index contributed by atoms with van der Waals surface area (Å²) in [5.74, 6) is 0.664. The summed E-state index contributed by atoms with van der Waals surface area (Å²) in [6.45, 7) is 11.2. The molecule has 1 N–H and O–H groups in total. The van der Waals surface area contributed by atoms with Crippen LogP contribution >= 0.6 is 0 Å². The molecule has 35 heavy (non-hydrogen) atoms. The zero-order chi connectivity index (χ0) is 24.4. The lowest BCUT2D eigenvalue weighted by Gasteiger charge is -2.38. The van der Waals surface area contributed by atoms with Crippen LogP contribution < -0.4 is 20.7 Å². The molecule has 0 amide bonds. The Hall–Kier alpha value is -3.30. The molecule has 9 nitrogen and oxygen atoms in total. The monoisotopic (exact) mass is 474 g/mol. The summed E-state index contributed by atoms with van der Waals surface area (Å²) in [5, 5.41) is 3.64. The zero-order valence-corrected chi connectivity index (χ0v) is 20.8. The molecule has 4 heterocycles. The highest BCUT2D eigenvalue weighted by Crippen LogP contribution is 2.25. The Bertz CT molecular complexity index is 1190. The van der Waals surface area contributed by atoms with Crippen LogP contribution in [0.5, 0.6) is 0 Å². The molecular formula is C26H34N8O.